The van der Waals surface area contributed by atoms with Crippen LogP contribution in [0.3, 0.4) is 0 Å². The van der Waals surface area contributed by atoms with Crippen LogP contribution >= 0.6 is 0 Å². The van der Waals surface area contributed by atoms with Crippen LogP contribution in [0.5, 0.6) is 5.75 Å². The largest absolute Gasteiger partial charge is 0.480 e. The number of hydrogen-bond acceptors (Lipinski definition) is 4. The van der Waals surface area contributed by atoms with Crippen molar-refractivity contribution in [3.63, 3.8) is 0 Å². The van der Waals surface area contributed by atoms with Crippen molar-refractivity contribution in [2.75, 3.05) is 33.7 Å². The van der Waals surface area contributed by atoms with E-state index < -0.39 is 0 Å². The van der Waals surface area contributed by atoms with E-state index >= 15 is 0 Å². The molecule has 3 heterocycles. The number of imidazole rings is 1. The second-order valence-electron chi connectivity index (χ2n) is 8.15. The number of piperidine rings is 1. The maximum atomic E-state index is 12.9. The van der Waals surface area contributed by atoms with Crippen LogP contribution < -0.4 is 4.74 Å². The molecule has 150 valence electrons. The molecule has 1 atom stereocenters. The van der Waals surface area contributed by atoms with Crippen molar-refractivity contribution >= 4 is 5.91 Å². The van der Waals surface area contributed by atoms with Gasteiger partial charge in [-0.25, -0.2) is 4.98 Å². The van der Waals surface area contributed by atoms with E-state index in [0.717, 1.165) is 56.8 Å². The van der Waals surface area contributed by atoms with Gasteiger partial charge in [-0.05, 0) is 51.5 Å². The molecule has 0 bridgehead atoms. The van der Waals surface area contributed by atoms with E-state index in [1.54, 1.807) is 0 Å². The lowest BCUT2D eigenvalue weighted by Gasteiger charge is -2.33. The number of carbonyl (C=O) groups excluding carboxylic acids is 1. The first-order chi connectivity index (χ1) is 13.6. The minimum atomic E-state index is -0.359. The lowest BCUT2D eigenvalue weighted by Crippen LogP contribution is -2.45. The van der Waals surface area contributed by atoms with Gasteiger partial charge in [-0.15, -0.1) is 0 Å². The predicted molar refractivity (Wildman–Crippen MR) is 109 cm³/mol. The Hall–Kier alpha value is -2.34. The second-order valence-corrected chi connectivity index (χ2v) is 8.15. The average molecular weight is 383 g/mol. The van der Waals surface area contributed by atoms with Crippen LogP contribution in [0, 0.1) is 0 Å². The van der Waals surface area contributed by atoms with Crippen molar-refractivity contribution in [2.24, 2.45) is 0 Å². The molecule has 2 aliphatic heterocycles. The molecule has 6 nitrogen and oxygen atoms in total. The van der Waals surface area contributed by atoms with Gasteiger partial charge in [0.15, 0.2) is 6.10 Å². The number of aromatic nitrogens is 2. The molecule has 1 aromatic heterocycles. The lowest BCUT2D eigenvalue weighted by molar-refractivity contribution is -0.139. The molecule has 1 aromatic carbocycles. The third-order valence-electron chi connectivity index (χ3n) is 5.85. The van der Waals surface area contributed by atoms with E-state index in [-0.39, 0.29) is 12.0 Å². The van der Waals surface area contributed by atoms with Crippen molar-refractivity contribution in [1.29, 1.82) is 0 Å². The zero-order valence-corrected chi connectivity index (χ0v) is 16.9. The maximum Gasteiger partial charge on any atom is 0.263 e. The molecule has 0 saturated carbocycles. The first-order valence-corrected chi connectivity index (χ1v) is 10.3. The van der Waals surface area contributed by atoms with Gasteiger partial charge >= 0.3 is 0 Å². The summed E-state index contributed by atoms with van der Waals surface area (Å²) >= 11 is 0. The van der Waals surface area contributed by atoms with Crippen LogP contribution in [0.25, 0.3) is 0 Å². The molecule has 1 amide bonds. The highest BCUT2D eigenvalue weighted by Crippen LogP contribution is 2.31. The van der Waals surface area contributed by atoms with Crippen molar-refractivity contribution in [3.8, 4) is 5.75 Å². The molecule has 2 aromatic rings. The van der Waals surface area contributed by atoms with Gasteiger partial charge in [-0.3, -0.25) is 4.79 Å². The van der Waals surface area contributed by atoms with Crippen molar-refractivity contribution in [3.05, 3.63) is 48.0 Å². The van der Waals surface area contributed by atoms with E-state index in [1.165, 1.54) is 5.82 Å². The molecule has 1 unspecified atom stereocenters. The first-order valence-electron chi connectivity index (χ1n) is 10.3. The third kappa shape index (κ3) is 4.07. The summed E-state index contributed by atoms with van der Waals surface area (Å²) in [7, 11) is 4.21. The Morgan fingerprint density at radius 1 is 1.25 bits per heavy atom. The quantitative estimate of drug-likeness (QED) is 0.770. The van der Waals surface area contributed by atoms with E-state index in [0.29, 0.717) is 12.3 Å². The summed E-state index contributed by atoms with van der Waals surface area (Å²) in [5.74, 6) is 2.59. The highest BCUT2D eigenvalue weighted by atomic mass is 16.5. The second kappa shape index (κ2) is 8.35. The predicted octanol–water partition coefficient (Wildman–Crippen LogP) is 2.54. The van der Waals surface area contributed by atoms with E-state index in [2.05, 4.69) is 34.7 Å². The van der Waals surface area contributed by atoms with Crippen LogP contribution in [0.4, 0.5) is 0 Å². The van der Waals surface area contributed by atoms with Crippen LogP contribution in [0.15, 0.2) is 36.7 Å². The number of nitrogens with zero attached hydrogens (tertiary/aromatic N) is 4. The van der Waals surface area contributed by atoms with Gasteiger partial charge in [0, 0.05) is 44.4 Å². The normalized spacial score (nSPS) is 19.7. The Balaban J connectivity index is 1.31. The molecular weight excluding hydrogens is 352 g/mol. The Bertz CT molecular complexity index is 783. The van der Waals surface area contributed by atoms with Gasteiger partial charge in [0.1, 0.15) is 11.6 Å². The Morgan fingerprint density at radius 2 is 2.04 bits per heavy atom. The van der Waals surface area contributed by atoms with Crippen molar-refractivity contribution in [2.45, 2.75) is 44.2 Å². The number of fused-ring (bicyclic) bond motifs is 1. The third-order valence-corrected chi connectivity index (χ3v) is 5.85. The topological polar surface area (TPSA) is 50.6 Å². The number of aryl methyl sites for hydroxylation is 1. The van der Waals surface area contributed by atoms with E-state index in [9.17, 15) is 4.79 Å². The molecule has 4 rings (SSSR count). The SMILES string of the molecule is CN(C)CCCn1ccnc1C1CCN(C(=O)C2Cc3ccccc3O2)CC1. The average Bonchev–Trinajstić information content (AvgIpc) is 3.34. The molecule has 0 radical (unpaired) electrons. The van der Waals surface area contributed by atoms with Gasteiger partial charge in [0.05, 0.1) is 0 Å². The lowest BCUT2D eigenvalue weighted by atomic mass is 9.95. The van der Waals surface area contributed by atoms with Crippen molar-refractivity contribution < 1.29 is 9.53 Å². The highest BCUT2D eigenvalue weighted by Gasteiger charge is 2.34. The van der Waals surface area contributed by atoms with E-state index in [4.69, 9.17) is 4.74 Å². The molecule has 0 N–H and O–H groups in total. The van der Waals surface area contributed by atoms with Gasteiger partial charge < -0.3 is 19.1 Å². The van der Waals surface area contributed by atoms with Crippen LogP contribution in [0.1, 0.15) is 36.6 Å². The summed E-state index contributed by atoms with van der Waals surface area (Å²) in [5, 5.41) is 0. The fourth-order valence-electron chi connectivity index (χ4n) is 4.31. The Kier molecular flexibility index (Phi) is 5.67. The summed E-state index contributed by atoms with van der Waals surface area (Å²) in [6, 6.07) is 7.95. The molecule has 0 aliphatic carbocycles. The van der Waals surface area contributed by atoms with Crippen LogP contribution in [-0.2, 0) is 17.8 Å². The number of rotatable bonds is 6. The summed E-state index contributed by atoms with van der Waals surface area (Å²) < 4.78 is 8.19. The number of para-hydroxylation sites is 1. The number of ether oxygens (including phenoxy) is 1. The zero-order chi connectivity index (χ0) is 19.5. The number of amides is 1. The molecule has 1 saturated heterocycles. The maximum absolute atomic E-state index is 12.9. The Labute approximate surface area is 167 Å². The number of benzene rings is 1. The molecule has 1 fully saturated rings. The van der Waals surface area contributed by atoms with E-state index in [1.807, 2.05) is 35.4 Å². The van der Waals surface area contributed by atoms with Crippen molar-refractivity contribution in [1.82, 2.24) is 19.4 Å². The number of hydrogen-bond donors (Lipinski definition) is 0. The Morgan fingerprint density at radius 3 is 2.79 bits per heavy atom. The standard InChI is InChI=1S/C22H30N4O2/c1-24(2)11-5-12-25-15-10-23-21(25)17-8-13-26(14-9-17)22(27)20-16-18-6-3-4-7-19(18)28-20/h3-4,6-7,10,15,17,20H,5,8-9,11-14,16H2,1-2H3. The monoisotopic (exact) mass is 382 g/mol. The smallest absolute Gasteiger partial charge is 0.263 e. The van der Waals surface area contributed by atoms with Gasteiger partial charge in [-0.2, -0.15) is 0 Å². The minimum Gasteiger partial charge on any atom is -0.480 e. The fourth-order valence-corrected chi connectivity index (χ4v) is 4.31. The summed E-state index contributed by atoms with van der Waals surface area (Å²) in [5.41, 5.74) is 1.13. The summed E-state index contributed by atoms with van der Waals surface area (Å²) in [4.78, 5) is 21.7. The van der Waals surface area contributed by atoms with Crippen LogP contribution in [0.2, 0.25) is 0 Å². The molecule has 0 spiro atoms. The van der Waals surface area contributed by atoms with Gasteiger partial charge in [-0.1, -0.05) is 18.2 Å². The zero-order valence-electron chi connectivity index (χ0n) is 16.9. The molecule has 2 aliphatic rings. The number of likely N-dealkylation sites (tertiary alicyclic amines) is 1. The summed E-state index contributed by atoms with van der Waals surface area (Å²) in [6.45, 7) is 3.64. The van der Waals surface area contributed by atoms with Gasteiger partial charge in [0.2, 0.25) is 0 Å². The van der Waals surface area contributed by atoms with Crippen LogP contribution in [-0.4, -0.2) is 65.1 Å². The van der Waals surface area contributed by atoms with Gasteiger partial charge in [0.25, 0.3) is 5.91 Å². The summed E-state index contributed by atoms with van der Waals surface area (Å²) in [6.07, 6.45) is 7.38. The first kappa shape index (κ1) is 19.0. The fraction of sp³-hybridized carbons (Fsp3) is 0.545. The molecule has 28 heavy (non-hydrogen) atoms. The highest BCUT2D eigenvalue weighted by molar-refractivity contribution is 5.82. The minimum absolute atomic E-state index is 0.129. The number of carbonyl (C=O) groups is 1. The molecular formula is C22H30N4O2. The molecule has 6 heteroatoms.